The van der Waals surface area contributed by atoms with Crippen LogP contribution in [0.1, 0.15) is 48.6 Å². The van der Waals surface area contributed by atoms with Gasteiger partial charge in [0, 0.05) is 6.54 Å². The van der Waals surface area contributed by atoms with Gasteiger partial charge in [-0.15, -0.1) is 5.10 Å². The highest BCUT2D eigenvalue weighted by atomic mass is 16.3. The molecule has 7 nitrogen and oxygen atoms in total. The van der Waals surface area contributed by atoms with E-state index < -0.39 is 0 Å². The Kier molecular flexibility index (Phi) is 4.50. The number of aliphatic hydroxyl groups is 1. The molecule has 1 aliphatic heterocycles. The van der Waals surface area contributed by atoms with Crippen molar-refractivity contribution in [1.82, 2.24) is 25.6 Å². The molecule has 2 heterocycles. The summed E-state index contributed by atoms with van der Waals surface area (Å²) >= 11 is 0. The number of amides is 1. The summed E-state index contributed by atoms with van der Waals surface area (Å²) in [5, 5.41) is 23.8. The first-order valence-electron chi connectivity index (χ1n) is 7.81. The van der Waals surface area contributed by atoms with Crippen LogP contribution in [0.5, 0.6) is 0 Å². The first-order valence-corrected chi connectivity index (χ1v) is 7.81. The quantitative estimate of drug-likeness (QED) is 0.732. The molecule has 0 radical (unpaired) electrons. The maximum Gasteiger partial charge on any atom is 0.273 e. The molecule has 3 N–H and O–H groups in total. The standard InChI is InChI=1S/C14H23N5O2/c20-12-2-1-10(7-12)8-16-14(21)13-9-19(18-17-13)11-3-5-15-6-4-11/h9-12,15,20H,1-8H2,(H,16,21). The number of hydrogen-bond acceptors (Lipinski definition) is 5. The smallest absolute Gasteiger partial charge is 0.273 e. The third-order valence-corrected chi connectivity index (χ3v) is 4.49. The van der Waals surface area contributed by atoms with E-state index >= 15 is 0 Å². The number of piperidine rings is 1. The summed E-state index contributed by atoms with van der Waals surface area (Å²) in [5.74, 6) is 0.208. The molecule has 21 heavy (non-hydrogen) atoms. The summed E-state index contributed by atoms with van der Waals surface area (Å²) in [6.45, 7) is 2.57. The van der Waals surface area contributed by atoms with Crippen LogP contribution >= 0.6 is 0 Å². The Hall–Kier alpha value is -1.47. The van der Waals surface area contributed by atoms with Crippen molar-refractivity contribution in [1.29, 1.82) is 0 Å². The first-order chi connectivity index (χ1) is 10.2. The van der Waals surface area contributed by atoms with Crippen LogP contribution in [0.2, 0.25) is 0 Å². The van der Waals surface area contributed by atoms with Crippen LogP contribution in [0.3, 0.4) is 0 Å². The zero-order valence-electron chi connectivity index (χ0n) is 12.2. The Morgan fingerprint density at radius 1 is 1.38 bits per heavy atom. The maximum atomic E-state index is 12.1. The van der Waals surface area contributed by atoms with Gasteiger partial charge in [-0.3, -0.25) is 4.79 Å². The molecule has 1 amide bonds. The van der Waals surface area contributed by atoms with Gasteiger partial charge in [0.15, 0.2) is 5.69 Å². The highest BCUT2D eigenvalue weighted by Crippen LogP contribution is 2.24. The summed E-state index contributed by atoms with van der Waals surface area (Å²) in [6.07, 6.45) is 6.18. The van der Waals surface area contributed by atoms with Gasteiger partial charge in [-0.1, -0.05) is 5.21 Å². The van der Waals surface area contributed by atoms with Crippen molar-refractivity contribution >= 4 is 5.91 Å². The SMILES string of the molecule is O=C(NCC1CCC(O)C1)c1cn(C2CCNCC2)nn1. The van der Waals surface area contributed by atoms with Crippen LogP contribution in [-0.4, -0.2) is 51.7 Å². The Morgan fingerprint density at radius 2 is 2.19 bits per heavy atom. The number of aliphatic hydroxyl groups excluding tert-OH is 1. The van der Waals surface area contributed by atoms with Crippen LogP contribution in [0.25, 0.3) is 0 Å². The minimum Gasteiger partial charge on any atom is -0.393 e. The molecule has 116 valence electrons. The topological polar surface area (TPSA) is 92.1 Å². The lowest BCUT2D eigenvalue weighted by molar-refractivity contribution is 0.0940. The Morgan fingerprint density at radius 3 is 2.90 bits per heavy atom. The minimum atomic E-state index is -0.201. The molecule has 1 saturated heterocycles. The van der Waals surface area contributed by atoms with Gasteiger partial charge in [-0.05, 0) is 51.1 Å². The van der Waals surface area contributed by atoms with E-state index in [9.17, 15) is 9.90 Å². The second-order valence-corrected chi connectivity index (χ2v) is 6.11. The monoisotopic (exact) mass is 293 g/mol. The number of carbonyl (C=O) groups excluding carboxylic acids is 1. The van der Waals surface area contributed by atoms with Crippen molar-refractivity contribution in [2.45, 2.75) is 44.2 Å². The molecule has 3 rings (SSSR count). The van der Waals surface area contributed by atoms with Crippen LogP contribution in [0.4, 0.5) is 0 Å². The van der Waals surface area contributed by atoms with Crippen LogP contribution in [0, 0.1) is 5.92 Å². The van der Waals surface area contributed by atoms with Gasteiger partial charge in [0.25, 0.3) is 5.91 Å². The lowest BCUT2D eigenvalue weighted by Crippen LogP contribution is -2.30. The number of aromatic nitrogens is 3. The lowest BCUT2D eigenvalue weighted by atomic mass is 10.1. The van der Waals surface area contributed by atoms with Gasteiger partial charge in [-0.2, -0.15) is 0 Å². The molecular weight excluding hydrogens is 270 g/mol. The fourth-order valence-electron chi connectivity index (χ4n) is 3.19. The van der Waals surface area contributed by atoms with Crippen molar-refractivity contribution in [3.63, 3.8) is 0 Å². The summed E-state index contributed by atoms with van der Waals surface area (Å²) < 4.78 is 1.81. The zero-order chi connectivity index (χ0) is 14.7. The average Bonchev–Trinajstić information content (AvgIpc) is 3.15. The number of nitrogens with one attached hydrogen (secondary N) is 2. The van der Waals surface area contributed by atoms with Crippen LogP contribution < -0.4 is 10.6 Å². The van der Waals surface area contributed by atoms with Crippen molar-refractivity contribution in [3.8, 4) is 0 Å². The van der Waals surface area contributed by atoms with Crippen LogP contribution in [0.15, 0.2) is 6.20 Å². The van der Waals surface area contributed by atoms with Gasteiger partial charge < -0.3 is 15.7 Å². The van der Waals surface area contributed by atoms with E-state index in [1.807, 2.05) is 4.68 Å². The molecule has 2 unspecified atom stereocenters. The van der Waals surface area contributed by atoms with E-state index in [1.165, 1.54) is 0 Å². The first kappa shape index (κ1) is 14.5. The predicted molar refractivity (Wildman–Crippen MR) is 76.8 cm³/mol. The lowest BCUT2D eigenvalue weighted by Gasteiger charge is -2.22. The molecule has 0 spiro atoms. The molecule has 1 saturated carbocycles. The molecule has 2 aliphatic rings. The second kappa shape index (κ2) is 6.53. The highest BCUT2D eigenvalue weighted by Gasteiger charge is 2.24. The Bertz CT molecular complexity index is 483. The molecule has 0 aromatic carbocycles. The van der Waals surface area contributed by atoms with Gasteiger partial charge in [0.1, 0.15) is 0 Å². The van der Waals surface area contributed by atoms with E-state index in [0.717, 1.165) is 45.2 Å². The van der Waals surface area contributed by atoms with Gasteiger partial charge in [-0.25, -0.2) is 4.68 Å². The number of rotatable bonds is 4. The van der Waals surface area contributed by atoms with Gasteiger partial charge in [0.05, 0.1) is 18.3 Å². The molecule has 0 bridgehead atoms. The van der Waals surface area contributed by atoms with Crippen molar-refractivity contribution in [2.24, 2.45) is 5.92 Å². The summed E-state index contributed by atoms with van der Waals surface area (Å²) in [7, 11) is 0. The van der Waals surface area contributed by atoms with Crippen molar-refractivity contribution in [3.05, 3.63) is 11.9 Å². The molecular formula is C14H23N5O2. The largest absolute Gasteiger partial charge is 0.393 e. The summed E-state index contributed by atoms with van der Waals surface area (Å²) in [4.78, 5) is 12.1. The molecule has 1 aromatic rings. The van der Waals surface area contributed by atoms with E-state index in [2.05, 4.69) is 20.9 Å². The molecule has 1 aliphatic carbocycles. The predicted octanol–water partition coefficient (Wildman–Crippen LogP) is 0.0934. The number of hydrogen-bond donors (Lipinski definition) is 3. The normalized spacial score (nSPS) is 26.9. The highest BCUT2D eigenvalue weighted by molar-refractivity contribution is 5.91. The van der Waals surface area contributed by atoms with Crippen LogP contribution in [-0.2, 0) is 0 Å². The fraction of sp³-hybridized carbons (Fsp3) is 0.786. The van der Waals surface area contributed by atoms with E-state index in [4.69, 9.17) is 0 Å². The number of nitrogens with zero attached hydrogens (tertiary/aromatic N) is 3. The third-order valence-electron chi connectivity index (χ3n) is 4.49. The summed E-state index contributed by atoms with van der Waals surface area (Å²) in [6, 6.07) is 0.338. The Balaban J connectivity index is 1.51. The third kappa shape index (κ3) is 3.59. The van der Waals surface area contributed by atoms with Gasteiger partial charge >= 0.3 is 0 Å². The molecule has 2 fully saturated rings. The van der Waals surface area contributed by atoms with E-state index in [-0.39, 0.29) is 12.0 Å². The number of carbonyl (C=O) groups is 1. The minimum absolute atomic E-state index is 0.170. The van der Waals surface area contributed by atoms with Gasteiger partial charge in [0.2, 0.25) is 0 Å². The molecule has 7 heteroatoms. The second-order valence-electron chi connectivity index (χ2n) is 6.11. The average molecular weight is 293 g/mol. The molecule has 1 aromatic heterocycles. The zero-order valence-corrected chi connectivity index (χ0v) is 12.2. The van der Waals surface area contributed by atoms with Crippen molar-refractivity contribution in [2.75, 3.05) is 19.6 Å². The Labute approximate surface area is 124 Å². The van der Waals surface area contributed by atoms with Crippen molar-refractivity contribution < 1.29 is 9.90 Å². The fourth-order valence-corrected chi connectivity index (χ4v) is 3.19. The molecule has 2 atom stereocenters. The summed E-state index contributed by atoms with van der Waals surface area (Å²) in [5.41, 5.74) is 0.382. The van der Waals surface area contributed by atoms with E-state index in [0.29, 0.717) is 24.2 Å². The van der Waals surface area contributed by atoms with E-state index in [1.54, 1.807) is 6.20 Å². The maximum absolute atomic E-state index is 12.1.